The number of benzene rings is 1. The molecule has 0 atom stereocenters. The maximum absolute atomic E-state index is 13.5. The normalized spacial score (nSPS) is 12.8. The molecule has 0 saturated carbocycles. The molecule has 0 amide bonds. The van der Waals surface area contributed by atoms with Crippen LogP contribution in [0.2, 0.25) is 0 Å². The highest BCUT2D eigenvalue weighted by Gasteiger charge is 2.29. The zero-order valence-corrected chi connectivity index (χ0v) is 7.90. The number of fused-ring (bicyclic) bond motifs is 3. The number of hydrogen-bond donors (Lipinski definition) is 0. The first-order chi connectivity index (χ1) is 6.79. The van der Waals surface area contributed by atoms with E-state index in [1.807, 2.05) is 5.38 Å². The molecule has 0 spiro atoms. The first-order valence-electron chi connectivity index (χ1n) is 4.20. The monoisotopic (exact) mass is 204 g/mol. The van der Waals surface area contributed by atoms with Crippen LogP contribution in [0.15, 0.2) is 29.6 Å². The smallest absolute Gasteiger partial charge is 0.195 e. The second kappa shape index (κ2) is 2.51. The van der Waals surface area contributed by atoms with Gasteiger partial charge in [-0.3, -0.25) is 4.79 Å². The molecule has 1 aliphatic rings. The molecule has 1 aromatic heterocycles. The van der Waals surface area contributed by atoms with Crippen molar-refractivity contribution in [3.8, 4) is 10.4 Å². The van der Waals surface area contributed by atoms with Gasteiger partial charge in [0.2, 0.25) is 0 Å². The highest BCUT2D eigenvalue weighted by Crippen LogP contribution is 2.41. The van der Waals surface area contributed by atoms with Gasteiger partial charge in [-0.2, -0.15) is 0 Å². The third-order valence-electron chi connectivity index (χ3n) is 2.40. The maximum atomic E-state index is 13.5. The lowest BCUT2D eigenvalue weighted by Gasteiger charge is -1.97. The zero-order valence-electron chi connectivity index (χ0n) is 7.08. The minimum atomic E-state index is -0.308. The summed E-state index contributed by atoms with van der Waals surface area (Å²) in [5.74, 6) is -0.368. The summed E-state index contributed by atoms with van der Waals surface area (Å²) in [4.78, 5) is 12.5. The van der Waals surface area contributed by atoms with Gasteiger partial charge < -0.3 is 0 Å². The predicted molar refractivity (Wildman–Crippen MR) is 53.1 cm³/mol. The van der Waals surface area contributed by atoms with Gasteiger partial charge in [0, 0.05) is 21.6 Å². The van der Waals surface area contributed by atoms with Crippen LogP contribution in [0, 0.1) is 5.82 Å². The number of ketones is 1. The second-order valence-electron chi connectivity index (χ2n) is 3.15. The minimum Gasteiger partial charge on any atom is -0.289 e. The predicted octanol–water partition coefficient (Wildman–Crippen LogP) is 3.10. The molecule has 0 unspecified atom stereocenters. The van der Waals surface area contributed by atoms with Crippen LogP contribution in [0.3, 0.4) is 0 Å². The highest BCUT2D eigenvalue weighted by molar-refractivity contribution is 7.14. The molecule has 0 fully saturated rings. The quantitative estimate of drug-likeness (QED) is 0.550. The van der Waals surface area contributed by atoms with Gasteiger partial charge >= 0.3 is 0 Å². The summed E-state index contributed by atoms with van der Waals surface area (Å²) >= 11 is 1.41. The van der Waals surface area contributed by atoms with E-state index in [0.29, 0.717) is 16.7 Å². The summed E-state index contributed by atoms with van der Waals surface area (Å²) in [7, 11) is 0. The molecule has 3 rings (SSSR count). The van der Waals surface area contributed by atoms with Crippen molar-refractivity contribution in [2.45, 2.75) is 0 Å². The first-order valence-corrected chi connectivity index (χ1v) is 5.08. The number of carbonyl (C=O) groups excluding carboxylic acids is 1. The molecule has 1 nitrogen and oxygen atoms in total. The van der Waals surface area contributed by atoms with Crippen LogP contribution < -0.4 is 0 Å². The Balaban J connectivity index is 2.46. The number of carbonyl (C=O) groups is 1. The van der Waals surface area contributed by atoms with Crippen molar-refractivity contribution in [2.24, 2.45) is 0 Å². The van der Waals surface area contributed by atoms with Gasteiger partial charge in [-0.15, -0.1) is 11.3 Å². The third-order valence-corrected chi connectivity index (χ3v) is 3.33. The molecule has 1 aromatic carbocycles. The van der Waals surface area contributed by atoms with Crippen LogP contribution in [-0.2, 0) is 0 Å². The lowest BCUT2D eigenvalue weighted by molar-refractivity contribution is 0.104. The van der Waals surface area contributed by atoms with Crippen LogP contribution in [0.5, 0.6) is 0 Å². The van der Waals surface area contributed by atoms with Crippen LogP contribution in [0.25, 0.3) is 10.4 Å². The zero-order chi connectivity index (χ0) is 9.71. The van der Waals surface area contributed by atoms with Gasteiger partial charge in [-0.1, -0.05) is 12.1 Å². The Hall–Kier alpha value is -1.48. The van der Waals surface area contributed by atoms with Gasteiger partial charge in [0.15, 0.2) is 5.78 Å². The van der Waals surface area contributed by atoms with E-state index < -0.39 is 0 Å². The minimum absolute atomic E-state index is 0.0595. The van der Waals surface area contributed by atoms with E-state index in [-0.39, 0.29) is 11.6 Å². The molecule has 68 valence electrons. The SMILES string of the molecule is O=C1c2ccsc2-c2c(F)cccc21. The summed E-state index contributed by atoms with van der Waals surface area (Å²) in [6.45, 7) is 0. The first kappa shape index (κ1) is 7.88. The fourth-order valence-corrected chi connectivity index (χ4v) is 2.72. The number of hydrogen-bond acceptors (Lipinski definition) is 2. The number of rotatable bonds is 0. The molecule has 3 heteroatoms. The Morgan fingerprint density at radius 1 is 1.14 bits per heavy atom. The van der Waals surface area contributed by atoms with Crippen molar-refractivity contribution < 1.29 is 9.18 Å². The summed E-state index contributed by atoms with van der Waals surface area (Å²) in [6, 6.07) is 6.39. The fourth-order valence-electron chi connectivity index (χ4n) is 1.77. The van der Waals surface area contributed by atoms with Crippen LogP contribution in [0.4, 0.5) is 4.39 Å². The van der Waals surface area contributed by atoms with E-state index in [4.69, 9.17) is 0 Å². The second-order valence-corrected chi connectivity index (χ2v) is 4.07. The van der Waals surface area contributed by atoms with E-state index in [1.165, 1.54) is 17.4 Å². The summed E-state index contributed by atoms with van der Waals surface area (Å²) < 4.78 is 13.5. The summed E-state index contributed by atoms with van der Waals surface area (Å²) in [5, 5.41) is 1.82. The lowest BCUT2D eigenvalue weighted by Crippen LogP contribution is -1.94. The molecule has 1 heterocycles. The van der Waals surface area contributed by atoms with E-state index in [2.05, 4.69) is 0 Å². The van der Waals surface area contributed by atoms with E-state index >= 15 is 0 Å². The Morgan fingerprint density at radius 3 is 2.86 bits per heavy atom. The maximum Gasteiger partial charge on any atom is 0.195 e. The average Bonchev–Trinajstić information content (AvgIpc) is 2.72. The standard InChI is InChI=1S/C11H5FOS/c12-8-3-1-2-6-9(8)11-7(10(6)13)4-5-14-11/h1-5H. The van der Waals surface area contributed by atoms with Crippen molar-refractivity contribution in [1.29, 1.82) is 0 Å². The topological polar surface area (TPSA) is 17.1 Å². The van der Waals surface area contributed by atoms with Crippen LogP contribution in [0.1, 0.15) is 15.9 Å². The molecular formula is C11H5FOS. The Bertz CT molecular complexity index is 542. The average molecular weight is 204 g/mol. The van der Waals surface area contributed by atoms with Crippen LogP contribution >= 0.6 is 11.3 Å². The largest absolute Gasteiger partial charge is 0.289 e. The van der Waals surface area contributed by atoms with Crippen molar-refractivity contribution in [1.82, 2.24) is 0 Å². The molecule has 2 aromatic rings. The van der Waals surface area contributed by atoms with E-state index in [9.17, 15) is 9.18 Å². The molecule has 0 aliphatic heterocycles. The van der Waals surface area contributed by atoms with Gasteiger partial charge in [-0.05, 0) is 17.5 Å². The third kappa shape index (κ3) is 0.800. The van der Waals surface area contributed by atoms with E-state index in [1.54, 1.807) is 18.2 Å². The van der Waals surface area contributed by atoms with Crippen molar-refractivity contribution >= 4 is 17.1 Å². The van der Waals surface area contributed by atoms with E-state index in [0.717, 1.165) is 4.88 Å². The van der Waals surface area contributed by atoms with Gasteiger partial charge in [0.05, 0.1) is 0 Å². The van der Waals surface area contributed by atoms with Crippen molar-refractivity contribution in [3.63, 3.8) is 0 Å². The fraction of sp³-hybridized carbons (Fsp3) is 0. The highest BCUT2D eigenvalue weighted by atomic mass is 32.1. The summed E-state index contributed by atoms with van der Waals surface area (Å²) in [5.41, 5.74) is 1.60. The van der Waals surface area contributed by atoms with Gasteiger partial charge in [-0.25, -0.2) is 4.39 Å². The Labute approximate surface area is 83.8 Å². The number of halogens is 1. The van der Waals surface area contributed by atoms with Crippen molar-refractivity contribution in [2.75, 3.05) is 0 Å². The molecule has 0 bridgehead atoms. The number of thiophene rings is 1. The molecule has 0 saturated heterocycles. The molecule has 0 radical (unpaired) electrons. The van der Waals surface area contributed by atoms with Gasteiger partial charge in [0.25, 0.3) is 0 Å². The van der Waals surface area contributed by atoms with Crippen LogP contribution in [-0.4, -0.2) is 5.78 Å². The lowest BCUT2D eigenvalue weighted by atomic mass is 10.1. The molecule has 14 heavy (non-hydrogen) atoms. The van der Waals surface area contributed by atoms with Crippen molar-refractivity contribution in [3.05, 3.63) is 46.6 Å². The van der Waals surface area contributed by atoms with Gasteiger partial charge in [0.1, 0.15) is 5.82 Å². The molecule has 1 aliphatic carbocycles. The summed E-state index contributed by atoms with van der Waals surface area (Å²) in [6.07, 6.45) is 0. The Kier molecular flexibility index (Phi) is 1.42. The molecule has 0 N–H and O–H groups in total. The molecular weight excluding hydrogens is 199 g/mol. The Morgan fingerprint density at radius 2 is 2.00 bits per heavy atom.